The zero-order valence-electron chi connectivity index (χ0n) is 22.9. The summed E-state index contributed by atoms with van der Waals surface area (Å²) in [5.74, 6) is -0.451. The molecule has 0 aliphatic carbocycles. The summed E-state index contributed by atoms with van der Waals surface area (Å²) in [6, 6.07) is 30.9. The van der Waals surface area contributed by atoms with Crippen molar-refractivity contribution in [3.05, 3.63) is 114 Å². The fourth-order valence-corrected chi connectivity index (χ4v) is 7.90. The van der Waals surface area contributed by atoms with Gasteiger partial charge >= 0.3 is 0 Å². The Morgan fingerprint density at radius 2 is 1.62 bits per heavy atom. The van der Waals surface area contributed by atoms with Gasteiger partial charge in [-0.25, -0.2) is 8.42 Å². The Kier molecular flexibility index (Phi) is 6.52. The molecule has 8 heteroatoms. The molecule has 210 valence electrons. The van der Waals surface area contributed by atoms with Gasteiger partial charge in [0.2, 0.25) is 15.9 Å². The van der Waals surface area contributed by atoms with Gasteiger partial charge in [-0.1, -0.05) is 79.2 Å². The van der Waals surface area contributed by atoms with Gasteiger partial charge in [-0.3, -0.25) is 9.59 Å². The molecule has 0 aromatic heterocycles. The number of benzene rings is 5. The van der Waals surface area contributed by atoms with E-state index in [1.54, 1.807) is 29.2 Å². The van der Waals surface area contributed by atoms with E-state index in [0.29, 0.717) is 30.6 Å². The van der Waals surface area contributed by atoms with Crippen molar-refractivity contribution in [3.63, 3.8) is 0 Å². The molecule has 5 aromatic rings. The lowest BCUT2D eigenvalue weighted by molar-refractivity contribution is -0.120. The Balaban J connectivity index is 1.19. The molecule has 0 bridgehead atoms. The van der Waals surface area contributed by atoms with E-state index < -0.39 is 16.1 Å². The number of sulfonamides is 1. The highest BCUT2D eigenvalue weighted by Gasteiger charge is 2.38. The summed E-state index contributed by atoms with van der Waals surface area (Å²) in [5.41, 5.74) is 2.97. The molecule has 1 saturated heterocycles. The summed E-state index contributed by atoms with van der Waals surface area (Å²) in [5, 5.41) is 6.36. The van der Waals surface area contributed by atoms with Crippen LogP contribution in [0, 0.1) is 0 Å². The maximum absolute atomic E-state index is 13.8. The summed E-state index contributed by atoms with van der Waals surface area (Å²) in [4.78, 5) is 29.1. The molecule has 2 amide bonds. The third kappa shape index (κ3) is 4.44. The lowest BCUT2D eigenvalue weighted by Gasteiger charge is -2.33. The van der Waals surface area contributed by atoms with Crippen LogP contribution in [-0.4, -0.2) is 37.1 Å². The molecule has 1 fully saturated rings. The largest absolute Gasteiger partial charge is 0.324 e. The van der Waals surface area contributed by atoms with Gasteiger partial charge in [0.15, 0.2) is 0 Å². The van der Waals surface area contributed by atoms with Gasteiger partial charge in [-0.2, -0.15) is 4.31 Å². The van der Waals surface area contributed by atoms with E-state index in [1.807, 2.05) is 78.9 Å². The summed E-state index contributed by atoms with van der Waals surface area (Å²) in [6.45, 7) is 0.721. The van der Waals surface area contributed by atoms with Gasteiger partial charge in [-0.15, -0.1) is 0 Å². The minimum Gasteiger partial charge on any atom is -0.324 e. The minimum absolute atomic E-state index is 0.0807. The minimum atomic E-state index is -3.91. The summed E-state index contributed by atoms with van der Waals surface area (Å²) in [7, 11) is -3.91. The highest BCUT2D eigenvalue weighted by molar-refractivity contribution is 7.89. The van der Waals surface area contributed by atoms with Gasteiger partial charge in [0.1, 0.15) is 6.04 Å². The van der Waals surface area contributed by atoms with Gasteiger partial charge < -0.3 is 10.2 Å². The smallest absolute Gasteiger partial charge is 0.259 e. The van der Waals surface area contributed by atoms with E-state index in [2.05, 4.69) is 5.32 Å². The second-order valence-corrected chi connectivity index (χ2v) is 12.8. The molecular formula is C34H29N3O4S. The van der Waals surface area contributed by atoms with Crippen molar-refractivity contribution < 1.29 is 18.0 Å². The Hall–Kier alpha value is -4.53. The van der Waals surface area contributed by atoms with Crippen molar-refractivity contribution in [2.24, 2.45) is 0 Å². The highest BCUT2D eigenvalue weighted by Crippen LogP contribution is 2.41. The molecule has 1 N–H and O–H groups in total. The summed E-state index contributed by atoms with van der Waals surface area (Å²) in [6.07, 6.45) is 1.88. The van der Waals surface area contributed by atoms with Crippen molar-refractivity contribution in [1.29, 1.82) is 0 Å². The topological polar surface area (TPSA) is 86.8 Å². The second kappa shape index (κ2) is 10.4. The lowest BCUT2D eigenvalue weighted by atomic mass is 10.0. The molecule has 7 nitrogen and oxygen atoms in total. The molecule has 1 atom stereocenters. The molecule has 0 radical (unpaired) electrons. The number of carbonyl (C=O) groups excluding carboxylic acids is 2. The van der Waals surface area contributed by atoms with E-state index in [-0.39, 0.29) is 23.3 Å². The molecule has 0 saturated carbocycles. The van der Waals surface area contributed by atoms with Crippen LogP contribution >= 0.6 is 0 Å². The zero-order valence-corrected chi connectivity index (χ0v) is 23.7. The third-order valence-electron chi connectivity index (χ3n) is 8.31. The second-order valence-electron chi connectivity index (χ2n) is 10.9. The molecule has 2 heterocycles. The van der Waals surface area contributed by atoms with Crippen molar-refractivity contribution in [2.75, 3.05) is 16.8 Å². The molecule has 5 aromatic carbocycles. The van der Waals surface area contributed by atoms with Crippen molar-refractivity contribution in [2.45, 2.75) is 36.7 Å². The molecule has 2 aliphatic heterocycles. The third-order valence-corrected chi connectivity index (χ3v) is 10.2. The first-order valence-corrected chi connectivity index (χ1v) is 15.6. The van der Waals surface area contributed by atoms with Gasteiger partial charge in [0.05, 0.1) is 17.1 Å². The Bertz CT molecular complexity index is 1970. The van der Waals surface area contributed by atoms with Gasteiger partial charge in [-0.05, 0) is 59.5 Å². The van der Waals surface area contributed by atoms with Crippen LogP contribution in [0.3, 0.4) is 0 Å². The van der Waals surface area contributed by atoms with E-state index in [9.17, 15) is 18.0 Å². The molecule has 7 rings (SSSR count). The van der Waals surface area contributed by atoms with Crippen molar-refractivity contribution in [1.82, 2.24) is 4.31 Å². The first kappa shape index (κ1) is 26.4. The van der Waals surface area contributed by atoms with Crippen LogP contribution in [0.15, 0.2) is 108 Å². The zero-order chi connectivity index (χ0) is 28.8. The Morgan fingerprint density at radius 1 is 0.833 bits per heavy atom. The van der Waals surface area contributed by atoms with E-state index in [4.69, 9.17) is 0 Å². The predicted molar refractivity (Wildman–Crippen MR) is 165 cm³/mol. The maximum Gasteiger partial charge on any atom is 0.259 e. The van der Waals surface area contributed by atoms with E-state index in [1.165, 1.54) is 4.31 Å². The quantitative estimate of drug-likeness (QED) is 0.256. The number of nitrogens with one attached hydrogen (secondary N) is 1. The highest BCUT2D eigenvalue weighted by atomic mass is 32.2. The van der Waals surface area contributed by atoms with Crippen LogP contribution in [0.2, 0.25) is 0 Å². The van der Waals surface area contributed by atoms with E-state index in [0.717, 1.165) is 39.2 Å². The fourth-order valence-electron chi connectivity index (χ4n) is 6.21. The molecule has 42 heavy (non-hydrogen) atoms. The number of fused-ring (bicyclic) bond motifs is 1. The number of carbonyl (C=O) groups is 2. The van der Waals surface area contributed by atoms with E-state index >= 15 is 0 Å². The van der Waals surface area contributed by atoms with Crippen molar-refractivity contribution in [3.8, 4) is 0 Å². The Morgan fingerprint density at radius 3 is 2.45 bits per heavy atom. The van der Waals surface area contributed by atoms with Crippen LogP contribution in [0.25, 0.3) is 21.5 Å². The average molecular weight is 576 g/mol. The fraction of sp³-hybridized carbons (Fsp3) is 0.176. The van der Waals surface area contributed by atoms with Crippen LogP contribution in [0.4, 0.5) is 11.4 Å². The lowest BCUT2D eigenvalue weighted by Crippen LogP contribution is -2.49. The van der Waals surface area contributed by atoms with Gasteiger partial charge in [0, 0.05) is 28.6 Å². The number of nitrogens with zero attached hydrogens (tertiary/aromatic N) is 2. The monoisotopic (exact) mass is 575 g/mol. The number of hydrogen-bond acceptors (Lipinski definition) is 4. The standard InChI is InChI=1S/C34H29N3O4S/c38-33(31-15-6-7-20-37(31)42(40,41)26-17-16-24-11-4-5-12-25(24)21-26)35-29-18-19-30-32-27(29)13-8-14-28(32)34(39)36(30)22-23-9-2-1-3-10-23/h1-5,8-14,16-19,21,31H,6-7,15,20,22H2,(H,35,38). The number of rotatable bonds is 6. The summed E-state index contributed by atoms with van der Waals surface area (Å²) < 4.78 is 29.0. The molecule has 1 unspecified atom stereocenters. The maximum atomic E-state index is 13.8. The first-order valence-electron chi connectivity index (χ1n) is 14.1. The van der Waals surface area contributed by atoms with Crippen LogP contribution in [-0.2, 0) is 21.4 Å². The first-order chi connectivity index (χ1) is 20.4. The predicted octanol–water partition coefficient (Wildman–Crippen LogP) is 6.34. The SMILES string of the molecule is O=C(Nc1ccc2c3c(cccc13)C(=O)N2Cc1ccccc1)C1CCCCN1S(=O)(=O)c1ccc2ccccc2c1. The average Bonchev–Trinajstić information content (AvgIpc) is 3.30. The van der Waals surface area contributed by atoms with Gasteiger partial charge in [0.25, 0.3) is 5.91 Å². The van der Waals surface area contributed by atoms with Crippen molar-refractivity contribution >= 4 is 54.8 Å². The molecule has 2 aliphatic rings. The normalized spacial score (nSPS) is 17.2. The van der Waals surface area contributed by atoms with Crippen LogP contribution in [0.1, 0.15) is 35.2 Å². The number of amides is 2. The Labute approximate surface area is 244 Å². The summed E-state index contributed by atoms with van der Waals surface area (Å²) >= 11 is 0. The molecule has 0 spiro atoms. The van der Waals surface area contributed by atoms with Crippen LogP contribution < -0.4 is 10.2 Å². The number of hydrogen-bond donors (Lipinski definition) is 1. The number of piperidine rings is 1. The van der Waals surface area contributed by atoms with Crippen LogP contribution in [0.5, 0.6) is 0 Å². The number of anilines is 2. The molecular weight excluding hydrogens is 546 g/mol.